The molecule has 3 heteroatoms. The molecule has 0 aliphatic rings. The summed E-state index contributed by atoms with van der Waals surface area (Å²) in [6.45, 7) is 6.08. The Balaban J connectivity index is 2.47. The average molecular weight is 222 g/mol. The second-order valence-corrected chi connectivity index (χ2v) is 4.48. The molecule has 1 atom stereocenters. The van der Waals surface area contributed by atoms with Gasteiger partial charge in [-0.15, -0.1) is 0 Å². The third-order valence-corrected chi connectivity index (χ3v) is 2.95. The Hall–Kier alpha value is -1.06. The maximum absolute atomic E-state index is 8.92. The van der Waals surface area contributed by atoms with E-state index < -0.39 is 0 Å². The molecule has 0 aromatic heterocycles. The molecule has 0 spiro atoms. The van der Waals surface area contributed by atoms with Gasteiger partial charge < -0.3 is 16.2 Å². The first-order valence-electron chi connectivity index (χ1n) is 5.81. The zero-order chi connectivity index (χ0) is 12.0. The fourth-order valence-electron chi connectivity index (χ4n) is 1.57. The maximum Gasteiger partial charge on any atom is 0.0681 e. The average Bonchev–Trinajstić information content (AvgIpc) is 2.30. The molecule has 4 N–H and O–H groups in total. The number of hydrogen-bond acceptors (Lipinski definition) is 3. The topological polar surface area (TPSA) is 58.3 Å². The van der Waals surface area contributed by atoms with Crippen LogP contribution in [0.25, 0.3) is 0 Å². The molecule has 0 amide bonds. The number of rotatable bonds is 6. The van der Waals surface area contributed by atoms with E-state index in [0.717, 1.165) is 17.8 Å². The van der Waals surface area contributed by atoms with Crippen molar-refractivity contribution in [2.24, 2.45) is 17.6 Å². The lowest BCUT2D eigenvalue weighted by molar-refractivity contribution is 0.282. The third-order valence-electron chi connectivity index (χ3n) is 2.95. The summed E-state index contributed by atoms with van der Waals surface area (Å²) in [5.74, 6) is 1.09. The first-order chi connectivity index (χ1) is 7.67. The maximum atomic E-state index is 8.92. The predicted molar refractivity (Wildman–Crippen MR) is 68.2 cm³/mol. The molecule has 0 saturated carbocycles. The molecule has 0 heterocycles. The molecule has 16 heavy (non-hydrogen) atoms. The fourth-order valence-corrected chi connectivity index (χ4v) is 1.57. The van der Waals surface area contributed by atoms with Crippen molar-refractivity contribution in [3.63, 3.8) is 0 Å². The number of aliphatic hydroxyl groups excluding tert-OH is 1. The minimum absolute atomic E-state index is 0.0949. The van der Waals surface area contributed by atoms with Crippen molar-refractivity contribution in [2.75, 3.05) is 18.4 Å². The molecule has 90 valence electrons. The van der Waals surface area contributed by atoms with Crippen LogP contribution < -0.4 is 11.1 Å². The Labute approximate surface area is 97.7 Å². The highest BCUT2D eigenvalue weighted by Crippen LogP contribution is 2.13. The van der Waals surface area contributed by atoms with Crippen molar-refractivity contribution in [2.45, 2.75) is 20.5 Å². The SMILES string of the molecule is CC(C)C(CN)CNc1ccc(CO)cc1. The standard InChI is InChI=1S/C13H22N2O/c1-10(2)12(7-14)8-15-13-5-3-11(9-16)4-6-13/h3-6,10,12,15-16H,7-9,14H2,1-2H3. The van der Waals surface area contributed by atoms with Gasteiger partial charge in [-0.1, -0.05) is 26.0 Å². The van der Waals surface area contributed by atoms with E-state index in [1.165, 1.54) is 0 Å². The van der Waals surface area contributed by atoms with E-state index in [0.29, 0.717) is 18.4 Å². The van der Waals surface area contributed by atoms with Gasteiger partial charge >= 0.3 is 0 Å². The van der Waals surface area contributed by atoms with Gasteiger partial charge in [0.2, 0.25) is 0 Å². The molecule has 0 fully saturated rings. The van der Waals surface area contributed by atoms with Gasteiger partial charge in [0.05, 0.1) is 6.61 Å². The van der Waals surface area contributed by atoms with E-state index in [1.54, 1.807) is 0 Å². The van der Waals surface area contributed by atoms with Crippen molar-refractivity contribution in [1.82, 2.24) is 0 Å². The van der Waals surface area contributed by atoms with Crippen LogP contribution in [0.4, 0.5) is 5.69 Å². The van der Waals surface area contributed by atoms with Gasteiger partial charge in [-0.2, -0.15) is 0 Å². The van der Waals surface area contributed by atoms with Gasteiger partial charge in [0.15, 0.2) is 0 Å². The Morgan fingerprint density at radius 2 is 1.88 bits per heavy atom. The van der Waals surface area contributed by atoms with Crippen LogP contribution in [0.1, 0.15) is 19.4 Å². The second-order valence-electron chi connectivity index (χ2n) is 4.48. The summed E-state index contributed by atoms with van der Waals surface area (Å²) in [7, 11) is 0. The molecule has 0 saturated heterocycles. The summed E-state index contributed by atoms with van der Waals surface area (Å²) in [6.07, 6.45) is 0. The predicted octanol–water partition coefficient (Wildman–Crippen LogP) is 1.82. The van der Waals surface area contributed by atoms with E-state index in [4.69, 9.17) is 10.8 Å². The molecular formula is C13H22N2O. The van der Waals surface area contributed by atoms with Crippen LogP contribution in [0.3, 0.4) is 0 Å². The lowest BCUT2D eigenvalue weighted by atomic mass is 9.96. The van der Waals surface area contributed by atoms with E-state index in [2.05, 4.69) is 19.2 Å². The number of nitrogens with one attached hydrogen (secondary N) is 1. The zero-order valence-corrected chi connectivity index (χ0v) is 10.1. The normalized spacial score (nSPS) is 12.8. The van der Waals surface area contributed by atoms with Gasteiger partial charge in [0.1, 0.15) is 0 Å². The van der Waals surface area contributed by atoms with Crippen molar-refractivity contribution in [1.29, 1.82) is 0 Å². The fraction of sp³-hybridized carbons (Fsp3) is 0.538. The highest BCUT2D eigenvalue weighted by Gasteiger charge is 2.10. The quantitative estimate of drug-likeness (QED) is 0.688. The molecule has 0 radical (unpaired) electrons. The minimum Gasteiger partial charge on any atom is -0.392 e. The van der Waals surface area contributed by atoms with E-state index >= 15 is 0 Å². The van der Waals surface area contributed by atoms with Crippen LogP contribution in [-0.4, -0.2) is 18.2 Å². The van der Waals surface area contributed by atoms with Crippen molar-refractivity contribution < 1.29 is 5.11 Å². The van der Waals surface area contributed by atoms with Gasteiger partial charge in [-0.3, -0.25) is 0 Å². The van der Waals surface area contributed by atoms with Crippen LogP contribution in [0.2, 0.25) is 0 Å². The minimum atomic E-state index is 0.0949. The summed E-state index contributed by atoms with van der Waals surface area (Å²) >= 11 is 0. The van der Waals surface area contributed by atoms with Gasteiger partial charge in [0.25, 0.3) is 0 Å². The number of hydrogen-bond donors (Lipinski definition) is 3. The van der Waals surface area contributed by atoms with Gasteiger partial charge in [0, 0.05) is 12.2 Å². The van der Waals surface area contributed by atoms with E-state index in [-0.39, 0.29) is 6.61 Å². The highest BCUT2D eigenvalue weighted by molar-refractivity contribution is 5.44. The molecular weight excluding hydrogens is 200 g/mol. The van der Waals surface area contributed by atoms with Crippen LogP contribution in [-0.2, 0) is 6.61 Å². The van der Waals surface area contributed by atoms with E-state index in [9.17, 15) is 0 Å². The first kappa shape index (κ1) is 13.0. The van der Waals surface area contributed by atoms with Crippen LogP contribution >= 0.6 is 0 Å². The second kappa shape index (κ2) is 6.51. The molecule has 0 aliphatic carbocycles. The van der Waals surface area contributed by atoms with Crippen LogP contribution in [0.5, 0.6) is 0 Å². The van der Waals surface area contributed by atoms with Crippen LogP contribution in [0.15, 0.2) is 24.3 Å². The van der Waals surface area contributed by atoms with Crippen molar-refractivity contribution >= 4 is 5.69 Å². The molecule has 1 aromatic carbocycles. The smallest absolute Gasteiger partial charge is 0.0681 e. The molecule has 1 unspecified atom stereocenters. The Morgan fingerprint density at radius 3 is 2.31 bits per heavy atom. The number of nitrogens with two attached hydrogens (primary N) is 1. The van der Waals surface area contributed by atoms with Crippen molar-refractivity contribution in [3.8, 4) is 0 Å². The number of benzene rings is 1. The highest BCUT2D eigenvalue weighted by atomic mass is 16.3. The van der Waals surface area contributed by atoms with Crippen LogP contribution in [0, 0.1) is 11.8 Å². The molecule has 0 bridgehead atoms. The Bertz CT molecular complexity index is 295. The lowest BCUT2D eigenvalue weighted by Gasteiger charge is -2.20. The monoisotopic (exact) mass is 222 g/mol. The lowest BCUT2D eigenvalue weighted by Crippen LogP contribution is -2.27. The van der Waals surface area contributed by atoms with Crippen molar-refractivity contribution in [3.05, 3.63) is 29.8 Å². The van der Waals surface area contributed by atoms with E-state index in [1.807, 2.05) is 24.3 Å². The van der Waals surface area contributed by atoms with Gasteiger partial charge in [-0.05, 0) is 36.1 Å². The largest absolute Gasteiger partial charge is 0.392 e. The Kier molecular flexibility index (Phi) is 5.29. The summed E-state index contributed by atoms with van der Waals surface area (Å²) in [6, 6.07) is 7.82. The summed E-state index contributed by atoms with van der Waals surface area (Å²) in [4.78, 5) is 0. The third kappa shape index (κ3) is 3.83. The molecule has 1 aromatic rings. The molecule has 0 aliphatic heterocycles. The first-order valence-corrected chi connectivity index (χ1v) is 5.81. The molecule has 1 rings (SSSR count). The number of anilines is 1. The summed E-state index contributed by atoms with van der Waals surface area (Å²) < 4.78 is 0. The molecule has 3 nitrogen and oxygen atoms in total. The summed E-state index contributed by atoms with van der Waals surface area (Å²) in [5.41, 5.74) is 7.73. The zero-order valence-electron chi connectivity index (χ0n) is 10.1. The number of aliphatic hydroxyl groups is 1. The summed E-state index contributed by atoms with van der Waals surface area (Å²) in [5, 5.41) is 12.3. The Morgan fingerprint density at radius 1 is 1.25 bits per heavy atom. The van der Waals surface area contributed by atoms with Gasteiger partial charge in [-0.25, -0.2) is 0 Å².